The summed E-state index contributed by atoms with van der Waals surface area (Å²) in [4.78, 5) is 0. The standard InChI is InChI=1S/C14H24BrN3O/c1-19-8-7-18-14(12(15)10-17-18)13(16)9-11-5-3-2-4-6-11/h10-11,13H,2-9,16H2,1H3. The molecular weight excluding hydrogens is 306 g/mol. The number of hydrogen-bond acceptors (Lipinski definition) is 3. The highest BCUT2D eigenvalue weighted by Crippen LogP contribution is 2.33. The summed E-state index contributed by atoms with van der Waals surface area (Å²) < 4.78 is 8.12. The molecule has 1 aliphatic carbocycles. The van der Waals surface area contributed by atoms with Gasteiger partial charge in [0.15, 0.2) is 0 Å². The van der Waals surface area contributed by atoms with Crippen LogP contribution in [0.2, 0.25) is 0 Å². The number of nitrogens with two attached hydrogens (primary N) is 1. The molecule has 1 saturated carbocycles. The summed E-state index contributed by atoms with van der Waals surface area (Å²) in [5, 5.41) is 4.38. The first-order valence-electron chi connectivity index (χ1n) is 7.18. The van der Waals surface area contributed by atoms with Crippen molar-refractivity contribution in [1.82, 2.24) is 9.78 Å². The molecule has 0 bridgehead atoms. The molecule has 1 fully saturated rings. The van der Waals surface area contributed by atoms with Crippen LogP contribution in [0.1, 0.15) is 50.3 Å². The number of rotatable bonds is 6. The van der Waals surface area contributed by atoms with Crippen LogP contribution in [0, 0.1) is 5.92 Å². The summed E-state index contributed by atoms with van der Waals surface area (Å²) in [6, 6.07) is 0.0665. The van der Waals surface area contributed by atoms with Crippen LogP contribution in [0.25, 0.3) is 0 Å². The molecule has 1 atom stereocenters. The van der Waals surface area contributed by atoms with Gasteiger partial charge in [0, 0.05) is 13.2 Å². The molecule has 0 spiro atoms. The molecule has 0 radical (unpaired) electrons. The Bertz CT molecular complexity index is 388. The monoisotopic (exact) mass is 329 g/mol. The van der Waals surface area contributed by atoms with E-state index in [9.17, 15) is 0 Å². The van der Waals surface area contributed by atoms with Gasteiger partial charge in [0.2, 0.25) is 0 Å². The first-order valence-corrected chi connectivity index (χ1v) is 7.97. The average Bonchev–Trinajstić information content (AvgIpc) is 2.78. The lowest BCUT2D eigenvalue weighted by Crippen LogP contribution is -2.22. The number of nitrogens with zero attached hydrogens (tertiary/aromatic N) is 2. The third kappa shape index (κ3) is 4.04. The Labute approximate surface area is 123 Å². The number of hydrogen-bond donors (Lipinski definition) is 1. The van der Waals surface area contributed by atoms with E-state index in [4.69, 9.17) is 10.5 Å². The van der Waals surface area contributed by atoms with Crippen LogP contribution >= 0.6 is 15.9 Å². The van der Waals surface area contributed by atoms with E-state index in [2.05, 4.69) is 21.0 Å². The molecule has 0 aromatic carbocycles. The number of ether oxygens (including phenoxy) is 1. The molecule has 1 aromatic rings. The van der Waals surface area contributed by atoms with Crippen LogP contribution in [0.4, 0.5) is 0 Å². The minimum absolute atomic E-state index is 0.0665. The molecule has 1 aliphatic rings. The molecule has 4 nitrogen and oxygen atoms in total. The van der Waals surface area contributed by atoms with Crippen LogP contribution in [0.15, 0.2) is 10.7 Å². The SMILES string of the molecule is COCCn1ncc(Br)c1C(N)CC1CCCCC1. The second-order valence-electron chi connectivity index (χ2n) is 5.44. The molecule has 0 saturated heterocycles. The molecule has 0 amide bonds. The topological polar surface area (TPSA) is 53.1 Å². The van der Waals surface area contributed by atoms with E-state index < -0.39 is 0 Å². The Balaban J connectivity index is 2.00. The van der Waals surface area contributed by atoms with Crippen molar-refractivity contribution in [2.75, 3.05) is 13.7 Å². The summed E-state index contributed by atoms with van der Waals surface area (Å²) in [6.07, 6.45) is 9.68. The summed E-state index contributed by atoms with van der Waals surface area (Å²) >= 11 is 3.57. The molecular formula is C14H24BrN3O. The van der Waals surface area contributed by atoms with Crippen molar-refractivity contribution >= 4 is 15.9 Å². The zero-order chi connectivity index (χ0) is 13.7. The van der Waals surface area contributed by atoms with Crippen LogP contribution in [-0.2, 0) is 11.3 Å². The van der Waals surface area contributed by atoms with E-state index in [1.807, 2.05) is 10.9 Å². The largest absolute Gasteiger partial charge is 0.383 e. The van der Waals surface area contributed by atoms with Crippen molar-refractivity contribution in [3.8, 4) is 0 Å². The Morgan fingerprint density at radius 3 is 2.89 bits per heavy atom. The normalized spacial score (nSPS) is 18.7. The fourth-order valence-corrected chi connectivity index (χ4v) is 3.58. The van der Waals surface area contributed by atoms with Gasteiger partial charge in [0.25, 0.3) is 0 Å². The number of aromatic nitrogens is 2. The van der Waals surface area contributed by atoms with Gasteiger partial charge in [0.1, 0.15) is 0 Å². The van der Waals surface area contributed by atoms with Crippen molar-refractivity contribution < 1.29 is 4.74 Å². The first-order chi connectivity index (χ1) is 9.22. The van der Waals surface area contributed by atoms with Gasteiger partial charge in [0.05, 0.1) is 29.5 Å². The lowest BCUT2D eigenvalue weighted by atomic mass is 9.84. The molecule has 2 N–H and O–H groups in total. The fraction of sp³-hybridized carbons (Fsp3) is 0.786. The smallest absolute Gasteiger partial charge is 0.0694 e. The maximum absolute atomic E-state index is 6.41. The van der Waals surface area contributed by atoms with Gasteiger partial charge in [-0.15, -0.1) is 0 Å². The highest BCUT2D eigenvalue weighted by Gasteiger charge is 2.22. The minimum Gasteiger partial charge on any atom is -0.383 e. The van der Waals surface area contributed by atoms with Gasteiger partial charge in [-0.05, 0) is 28.3 Å². The minimum atomic E-state index is 0.0665. The zero-order valence-electron chi connectivity index (χ0n) is 11.6. The third-order valence-corrected chi connectivity index (χ3v) is 4.61. The second kappa shape index (κ2) is 7.41. The zero-order valence-corrected chi connectivity index (χ0v) is 13.2. The average molecular weight is 330 g/mol. The number of halogens is 1. The van der Waals surface area contributed by atoms with E-state index in [1.165, 1.54) is 32.1 Å². The molecule has 1 unspecified atom stereocenters. The molecule has 2 rings (SSSR count). The molecule has 1 heterocycles. The Morgan fingerprint density at radius 1 is 1.47 bits per heavy atom. The highest BCUT2D eigenvalue weighted by atomic mass is 79.9. The van der Waals surface area contributed by atoms with E-state index >= 15 is 0 Å². The van der Waals surface area contributed by atoms with Crippen molar-refractivity contribution in [2.24, 2.45) is 11.7 Å². The Hall–Kier alpha value is -0.390. The van der Waals surface area contributed by atoms with Gasteiger partial charge in [-0.25, -0.2) is 0 Å². The van der Waals surface area contributed by atoms with E-state index in [1.54, 1.807) is 7.11 Å². The van der Waals surface area contributed by atoms with Gasteiger partial charge in [-0.3, -0.25) is 4.68 Å². The van der Waals surface area contributed by atoms with Crippen LogP contribution in [0.5, 0.6) is 0 Å². The van der Waals surface area contributed by atoms with Crippen LogP contribution < -0.4 is 5.73 Å². The van der Waals surface area contributed by atoms with Crippen molar-refractivity contribution in [2.45, 2.75) is 51.1 Å². The van der Waals surface area contributed by atoms with Gasteiger partial charge >= 0.3 is 0 Å². The number of methoxy groups -OCH3 is 1. The van der Waals surface area contributed by atoms with Crippen LogP contribution in [0.3, 0.4) is 0 Å². The molecule has 19 heavy (non-hydrogen) atoms. The molecule has 0 aliphatic heterocycles. The van der Waals surface area contributed by atoms with E-state index in [0.29, 0.717) is 6.61 Å². The van der Waals surface area contributed by atoms with Crippen molar-refractivity contribution in [3.05, 3.63) is 16.4 Å². The predicted octanol–water partition coefficient (Wildman–Crippen LogP) is 3.26. The maximum Gasteiger partial charge on any atom is 0.0694 e. The maximum atomic E-state index is 6.41. The van der Waals surface area contributed by atoms with Gasteiger partial charge in [-0.2, -0.15) is 5.10 Å². The van der Waals surface area contributed by atoms with E-state index in [0.717, 1.165) is 29.1 Å². The van der Waals surface area contributed by atoms with E-state index in [-0.39, 0.29) is 6.04 Å². The highest BCUT2D eigenvalue weighted by molar-refractivity contribution is 9.10. The quantitative estimate of drug-likeness (QED) is 0.871. The lowest BCUT2D eigenvalue weighted by Gasteiger charge is -2.25. The Morgan fingerprint density at radius 2 is 2.21 bits per heavy atom. The molecule has 108 valence electrons. The Kier molecular flexibility index (Phi) is 5.85. The summed E-state index contributed by atoms with van der Waals surface area (Å²) in [5.74, 6) is 0.779. The summed E-state index contributed by atoms with van der Waals surface area (Å²) in [7, 11) is 1.71. The summed E-state index contributed by atoms with van der Waals surface area (Å²) in [5.41, 5.74) is 7.53. The van der Waals surface area contributed by atoms with Crippen molar-refractivity contribution in [3.63, 3.8) is 0 Å². The summed E-state index contributed by atoms with van der Waals surface area (Å²) in [6.45, 7) is 1.42. The van der Waals surface area contributed by atoms with Crippen molar-refractivity contribution in [1.29, 1.82) is 0 Å². The molecule has 5 heteroatoms. The van der Waals surface area contributed by atoms with Gasteiger partial charge in [-0.1, -0.05) is 32.1 Å². The third-order valence-electron chi connectivity index (χ3n) is 4.00. The fourth-order valence-electron chi connectivity index (χ4n) is 2.99. The lowest BCUT2D eigenvalue weighted by molar-refractivity contribution is 0.181. The van der Waals surface area contributed by atoms with Gasteiger partial charge < -0.3 is 10.5 Å². The predicted molar refractivity (Wildman–Crippen MR) is 79.9 cm³/mol. The first kappa shape index (κ1) is 15.0. The molecule has 1 aromatic heterocycles. The second-order valence-corrected chi connectivity index (χ2v) is 6.29. The van der Waals surface area contributed by atoms with Crippen LogP contribution in [-0.4, -0.2) is 23.5 Å².